The molecule has 1 aliphatic heterocycles. The van der Waals surface area contributed by atoms with Gasteiger partial charge in [0.2, 0.25) is 15.9 Å². The van der Waals surface area contributed by atoms with Crippen LogP contribution in [0.5, 0.6) is 5.88 Å². The normalized spacial score (nSPS) is 14.0. The number of hydrogen-bond acceptors (Lipinski definition) is 6. The third-order valence-electron chi connectivity index (χ3n) is 6.97. The van der Waals surface area contributed by atoms with Gasteiger partial charge in [0.25, 0.3) is 0 Å². The van der Waals surface area contributed by atoms with Crippen molar-refractivity contribution in [3.63, 3.8) is 0 Å². The van der Waals surface area contributed by atoms with Gasteiger partial charge in [0, 0.05) is 22.8 Å². The van der Waals surface area contributed by atoms with Crippen LogP contribution in [0.3, 0.4) is 0 Å². The van der Waals surface area contributed by atoms with Crippen LogP contribution in [0.15, 0.2) is 85.2 Å². The molecular formula is C31H26N4O5S. The summed E-state index contributed by atoms with van der Waals surface area (Å²) in [5, 5.41) is 14.9. The van der Waals surface area contributed by atoms with Crippen LogP contribution in [0.2, 0.25) is 0 Å². The van der Waals surface area contributed by atoms with Crippen LogP contribution in [-0.4, -0.2) is 40.5 Å². The molecule has 3 heterocycles. The van der Waals surface area contributed by atoms with Crippen LogP contribution < -0.4 is 9.46 Å². The molecule has 0 radical (unpaired) electrons. The number of benzene rings is 3. The number of aromatic nitrogens is 3. The Hall–Kier alpha value is -4.96. The molecule has 0 fully saturated rings. The summed E-state index contributed by atoms with van der Waals surface area (Å²) in [6, 6.07) is 21.9. The molecule has 3 aromatic carbocycles. The molecule has 41 heavy (non-hydrogen) atoms. The Bertz CT molecular complexity index is 1980. The number of sulfonamides is 1. The molecule has 10 heteroatoms. The lowest BCUT2D eigenvalue weighted by Gasteiger charge is -2.18. The minimum absolute atomic E-state index is 0.177. The van der Waals surface area contributed by atoms with E-state index in [9.17, 15) is 18.3 Å². The minimum Gasteiger partial charge on any atom is -0.478 e. The van der Waals surface area contributed by atoms with Crippen molar-refractivity contribution in [1.29, 1.82) is 0 Å². The van der Waals surface area contributed by atoms with Crippen LogP contribution in [0, 0.1) is 0 Å². The van der Waals surface area contributed by atoms with Crippen molar-refractivity contribution in [1.82, 2.24) is 14.8 Å². The molecule has 6 rings (SSSR count). The number of nitrogens with one attached hydrogen (secondary N) is 1. The van der Waals surface area contributed by atoms with Gasteiger partial charge in [0.15, 0.2) is 0 Å². The number of anilines is 1. The summed E-state index contributed by atoms with van der Waals surface area (Å²) in [5.74, 6) is -0.497. The van der Waals surface area contributed by atoms with Gasteiger partial charge in [0.05, 0.1) is 29.2 Å². The number of fused-ring (bicyclic) bond motifs is 3. The average Bonchev–Trinajstić information content (AvgIpc) is 3.29. The molecule has 9 nitrogen and oxygen atoms in total. The predicted molar refractivity (Wildman–Crippen MR) is 158 cm³/mol. The van der Waals surface area contributed by atoms with Gasteiger partial charge < -0.3 is 9.84 Å². The highest BCUT2D eigenvalue weighted by atomic mass is 32.2. The third kappa shape index (κ3) is 5.05. The van der Waals surface area contributed by atoms with Crippen LogP contribution in [-0.2, 0) is 16.6 Å². The van der Waals surface area contributed by atoms with Crippen molar-refractivity contribution in [3.05, 3.63) is 113 Å². The fraction of sp³-hybridized carbons (Fsp3) is 0.129. The van der Waals surface area contributed by atoms with E-state index >= 15 is 0 Å². The number of rotatable bonds is 6. The lowest BCUT2D eigenvalue weighted by molar-refractivity contribution is 0.0697. The molecule has 1 aliphatic rings. The Balaban J connectivity index is 1.58. The molecule has 5 aromatic rings. The van der Waals surface area contributed by atoms with Crippen LogP contribution in [0.25, 0.3) is 27.7 Å². The largest absolute Gasteiger partial charge is 0.478 e. The quantitative estimate of drug-likeness (QED) is 0.268. The zero-order valence-corrected chi connectivity index (χ0v) is 23.1. The number of pyridine rings is 1. The molecule has 2 N–H and O–H groups in total. The minimum atomic E-state index is -3.44. The zero-order valence-electron chi connectivity index (χ0n) is 22.3. The van der Waals surface area contributed by atoms with E-state index < -0.39 is 16.0 Å². The van der Waals surface area contributed by atoms with Crippen LogP contribution >= 0.6 is 0 Å². The first-order chi connectivity index (χ1) is 19.7. The molecule has 0 atom stereocenters. The Labute approximate surface area is 236 Å². The number of hydrogen-bond donors (Lipinski definition) is 2. The fourth-order valence-corrected chi connectivity index (χ4v) is 5.82. The summed E-state index contributed by atoms with van der Waals surface area (Å²) < 4.78 is 34.3. The second-order valence-corrected chi connectivity index (χ2v) is 11.5. The fourth-order valence-electron chi connectivity index (χ4n) is 5.27. The van der Waals surface area contributed by atoms with Gasteiger partial charge in [-0.1, -0.05) is 25.1 Å². The number of aromatic carboxylic acids is 1. The summed E-state index contributed by atoms with van der Waals surface area (Å²) in [6.07, 6.45) is 5.24. The Kier molecular flexibility index (Phi) is 6.55. The van der Waals surface area contributed by atoms with E-state index in [1.165, 1.54) is 0 Å². The summed E-state index contributed by atoms with van der Waals surface area (Å²) in [7, 11) is -3.44. The van der Waals surface area contributed by atoms with Crippen LogP contribution in [0.4, 0.5) is 5.69 Å². The SMILES string of the molecule is CC/C(=C1\c2cc3cnn(-c4cccc(C(=O)O)c4)c3cc2COc2ncccc21)c1cccc(NS(C)(=O)=O)c1. The molecule has 2 aromatic heterocycles. The van der Waals surface area contributed by atoms with Crippen molar-refractivity contribution < 1.29 is 23.1 Å². The molecule has 0 unspecified atom stereocenters. The van der Waals surface area contributed by atoms with Gasteiger partial charge in [-0.05, 0) is 88.9 Å². The Morgan fingerprint density at radius 1 is 1.02 bits per heavy atom. The second-order valence-electron chi connectivity index (χ2n) is 9.79. The number of carboxylic acids is 1. The van der Waals surface area contributed by atoms with E-state index in [0.29, 0.717) is 23.7 Å². The van der Waals surface area contributed by atoms with E-state index in [1.807, 2.05) is 42.5 Å². The standard InChI is InChI=1S/C31H26N4O5S/c1-3-25(19-7-4-9-23(13-19)34-41(2,38)39)29-26-11-6-12-32-30(26)40-18-22-16-28-21(15-27(22)29)17-33-35(28)24-10-5-8-20(14-24)31(36)37/h4-17,34H,3,18H2,1-2H3,(H,36,37)/b29-25+. The summed E-state index contributed by atoms with van der Waals surface area (Å²) >= 11 is 0. The Morgan fingerprint density at radius 2 is 1.83 bits per heavy atom. The molecule has 206 valence electrons. The highest BCUT2D eigenvalue weighted by Gasteiger charge is 2.25. The van der Waals surface area contributed by atoms with Crippen molar-refractivity contribution in [2.45, 2.75) is 20.0 Å². The number of ether oxygens (including phenoxy) is 1. The maximum absolute atomic E-state index is 11.9. The van der Waals surface area contributed by atoms with Crippen molar-refractivity contribution in [2.75, 3.05) is 11.0 Å². The van der Waals surface area contributed by atoms with E-state index in [-0.39, 0.29) is 12.2 Å². The lowest BCUT2D eigenvalue weighted by atomic mass is 9.86. The smallest absolute Gasteiger partial charge is 0.335 e. The summed E-state index contributed by atoms with van der Waals surface area (Å²) in [4.78, 5) is 16.1. The highest BCUT2D eigenvalue weighted by Crippen LogP contribution is 2.43. The second kappa shape index (κ2) is 10.2. The topological polar surface area (TPSA) is 123 Å². The van der Waals surface area contributed by atoms with Gasteiger partial charge in [-0.15, -0.1) is 0 Å². The number of nitrogens with zero attached hydrogens (tertiary/aromatic N) is 3. The van der Waals surface area contributed by atoms with Gasteiger partial charge in [0.1, 0.15) is 6.61 Å². The van der Waals surface area contributed by atoms with E-state index in [1.54, 1.807) is 41.3 Å². The molecule has 0 bridgehead atoms. The third-order valence-corrected chi connectivity index (χ3v) is 7.58. The monoisotopic (exact) mass is 566 g/mol. The molecular weight excluding hydrogens is 540 g/mol. The molecule has 0 amide bonds. The summed E-state index contributed by atoms with van der Waals surface area (Å²) in [6.45, 7) is 2.33. The molecule has 0 saturated carbocycles. The van der Waals surface area contributed by atoms with Gasteiger partial charge in [-0.25, -0.2) is 22.9 Å². The average molecular weight is 567 g/mol. The van der Waals surface area contributed by atoms with Gasteiger partial charge in [-0.2, -0.15) is 5.10 Å². The summed E-state index contributed by atoms with van der Waals surface area (Å²) in [5.41, 5.74) is 7.64. The molecule has 0 spiro atoms. The van der Waals surface area contributed by atoms with Crippen molar-refractivity contribution in [2.24, 2.45) is 0 Å². The van der Waals surface area contributed by atoms with E-state index in [2.05, 4.69) is 27.8 Å². The van der Waals surface area contributed by atoms with Crippen molar-refractivity contribution in [3.8, 4) is 11.6 Å². The maximum Gasteiger partial charge on any atom is 0.335 e. The first kappa shape index (κ1) is 26.3. The predicted octanol–water partition coefficient (Wildman–Crippen LogP) is 5.75. The number of carbonyl (C=O) groups is 1. The lowest BCUT2D eigenvalue weighted by Crippen LogP contribution is -2.09. The van der Waals surface area contributed by atoms with E-state index in [4.69, 9.17) is 4.74 Å². The van der Waals surface area contributed by atoms with Crippen LogP contribution in [0.1, 0.15) is 46.0 Å². The zero-order chi connectivity index (χ0) is 28.7. The van der Waals surface area contributed by atoms with E-state index in [0.717, 1.165) is 50.6 Å². The van der Waals surface area contributed by atoms with Gasteiger partial charge in [-0.3, -0.25) is 4.72 Å². The maximum atomic E-state index is 11.9. The first-order valence-corrected chi connectivity index (χ1v) is 14.9. The highest BCUT2D eigenvalue weighted by molar-refractivity contribution is 7.92. The number of allylic oxidation sites excluding steroid dienone is 1. The first-order valence-electron chi connectivity index (χ1n) is 13.0. The molecule has 0 aliphatic carbocycles. The molecule has 0 saturated heterocycles. The number of carboxylic acid groups (broad SMARTS) is 1. The van der Waals surface area contributed by atoms with Gasteiger partial charge >= 0.3 is 5.97 Å². The Morgan fingerprint density at radius 3 is 2.61 bits per heavy atom. The van der Waals surface area contributed by atoms with Crippen molar-refractivity contribution >= 4 is 43.7 Å².